The molecule has 0 fully saturated rings. The molecule has 0 unspecified atom stereocenters. The van der Waals surface area contributed by atoms with Crippen molar-refractivity contribution in [3.8, 4) is 23.0 Å². The smallest absolute Gasteiger partial charge is 0.271 e. The van der Waals surface area contributed by atoms with E-state index in [1.54, 1.807) is 31.4 Å². The van der Waals surface area contributed by atoms with Crippen molar-refractivity contribution in [3.05, 3.63) is 45.9 Å². The number of methoxy groups -OCH3 is 3. The minimum Gasteiger partial charge on any atom is -0.497 e. The summed E-state index contributed by atoms with van der Waals surface area (Å²) >= 11 is 3.45. The molecule has 27 heavy (non-hydrogen) atoms. The fourth-order valence-corrected chi connectivity index (χ4v) is 2.84. The van der Waals surface area contributed by atoms with Crippen LogP contribution in [0, 0.1) is 0 Å². The van der Waals surface area contributed by atoms with E-state index in [1.165, 1.54) is 20.4 Å². The van der Waals surface area contributed by atoms with E-state index in [0.717, 1.165) is 10.0 Å². The van der Waals surface area contributed by atoms with Crippen LogP contribution in [0.25, 0.3) is 0 Å². The van der Waals surface area contributed by atoms with Gasteiger partial charge >= 0.3 is 0 Å². The molecule has 0 aliphatic heterocycles. The van der Waals surface area contributed by atoms with Gasteiger partial charge in [-0.15, -0.1) is 0 Å². The van der Waals surface area contributed by atoms with Crippen molar-refractivity contribution in [1.29, 1.82) is 0 Å². The summed E-state index contributed by atoms with van der Waals surface area (Å²) in [4.78, 5) is 12.3. The molecule has 0 saturated carbocycles. The second kappa shape index (κ2) is 9.82. The molecule has 0 heterocycles. The Kier molecular flexibility index (Phi) is 7.48. The summed E-state index contributed by atoms with van der Waals surface area (Å²) in [7, 11) is 4.60. The number of hydrazone groups is 1. The van der Waals surface area contributed by atoms with Gasteiger partial charge in [-0.05, 0) is 52.7 Å². The minimum atomic E-state index is -0.389. The van der Waals surface area contributed by atoms with Gasteiger partial charge in [-0.25, -0.2) is 5.43 Å². The molecule has 0 radical (unpaired) electrons. The lowest BCUT2D eigenvalue weighted by Crippen LogP contribution is -2.17. The average Bonchev–Trinajstić information content (AvgIpc) is 2.69. The van der Waals surface area contributed by atoms with Crippen molar-refractivity contribution in [2.24, 2.45) is 5.10 Å². The molecule has 0 saturated heterocycles. The molecule has 2 aromatic rings. The van der Waals surface area contributed by atoms with Crippen LogP contribution in [-0.2, 0) is 0 Å². The van der Waals surface area contributed by atoms with Gasteiger partial charge in [-0.3, -0.25) is 4.79 Å². The highest BCUT2D eigenvalue weighted by Crippen LogP contribution is 2.36. The summed E-state index contributed by atoms with van der Waals surface area (Å²) in [6.45, 7) is 2.41. The maximum atomic E-state index is 12.3. The largest absolute Gasteiger partial charge is 0.497 e. The normalized spacial score (nSPS) is 10.6. The number of benzene rings is 2. The second-order valence-electron chi connectivity index (χ2n) is 5.27. The highest BCUT2D eigenvalue weighted by atomic mass is 79.9. The van der Waals surface area contributed by atoms with Crippen molar-refractivity contribution in [1.82, 2.24) is 5.43 Å². The molecule has 7 nitrogen and oxygen atoms in total. The Morgan fingerprint density at radius 3 is 2.30 bits per heavy atom. The van der Waals surface area contributed by atoms with Crippen LogP contribution in [0.3, 0.4) is 0 Å². The topological polar surface area (TPSA) is 78.4 Å². The molecule has 2 aromatic carbocycles. The van der Waals surface area contributed by atoms with Gasteiger partial charge in [0.1, 0.15) is 11.5 Å². The highest BCUT2D eigenvalue weighted by molar-refractivity contribution is 9.10. The van der Waals surface area contributed by atoms with Crippen LogP contribution in [0.4, 0.5) is 0 Å². The zero-order valence-corrected chi connectivity index (χ0v) is 17.1. The Morgan fingerprint density at radius 1 is 1.07 bits per heavy atom. The number of hydrogen-bond acceptors (Lipinski definition) is 6. The highest BCUT2D eigenvalue weighted by Gasteiger charge is 2.11. The van der Waals surface area contributed by atoms with Crippen molar-refractivity contribution in [2.45, 2.75) is 6.92 Å². The van der Waals surface area contributed by atoms with E-state index in [0.29, 0.717) is 35.2 Å². The van der Waals surface area contributed by atoms with Gasteiger partial charge in [0, 0.05) is 11.6 Å². The Hall–Kier alpha value is -2.74. The molecule has 0 aliphatic carbocycles. The number of nitrogens with one attached hydrogen (secondary N) is 1. The molecule has 0 atom stereocenters. The summed E-state index contributed by atoms with van der Waals surface area (Å²) in [5.41, 5.74) is 3.58. The zero-order valence-electron chi connectivity index (χ0n) is 15.5. The number of hydrogen-bond donors (Lipinski definition) is 1. The molecule has 0 bridgehead atoms. The van der Waals surface area contributed by atoms with Crippen molar-refractivity contribution >= 4 is 28.1 Å². The molecule has 1 N–H and O–H groups in total. The summed E-state index contributed by atoms with van der Waals surface area (Å²) in [5, 5.41) is 4.00. The van der Waals surface area contributed by atoms with E-state index in [9.17, 15) is 4.79 Å². The van der Waals surface area contributed by atoms with E-state index in [1.807, 2.05) is 13.0 Å². The first-order chi connectivity index (χ1) is 13.0. The lowest BCUT2D eigenvalue weighted by Gasteiger charge is -2.12. The standard InChI is InChI=1S/C19H21BrN2O5/c1-5-27-18-16(20)6-12(7-17(18)26-4)11-21-22-19(23)13-8-14(24-2)10-15(9-13)25-3/h6-11H,5H2,1-4H3,(H,22,23). The van der Waals surface area contributed by atoms with Crippen molar-refractivity contribution in [2.75, 3.05) is 27.9 Å². The fraction of sp³-hybridized carbons (Fsp3) is 0.263. The van der Waals surface area contributed by atoms with Gasteiger partial charge in [-0.2, -0.15) is 5.10 Å². The minimum absolute atomic E-state index is 0.369. The van der Waals surface area contributed by atoms with E-state index >= 15 is 0 Å². The van der Waals surface area contributed by atoms with Crippen LogP contribution in [0.15, 0.2) is 39.9 Å². The Balaban J connectivity index is 2.15. The van der Waals surface area contributed by atoms with E-state index in [-0.39, 0.29) is 5.91 Å². The summed E-state index contributed by atoms with van der Waals surface area (Å²) < 4.78 is 21.9. The first-order valence-corrected chi connectivity index (χ1v) is 8.88. The molecule has 0 aromatic heterocycles. The lowest BCUT2D eigenvalue weighted by molar-refractivity contribution is 0.0954. The van der Waals surface area contributed by atoms with Crippen LogP contribution in [0.2, 0.25) is 0 Å². The Labute approximate surface area is 166 Å². The van der Waals surface area contributed by atoms with E-state index < -0.39 is 0 Å². The van der Waals surface area contributed by atoms with Gasteiger partial charge in [-0.1, -0.05) is 0 Å². The average molecular weight is 437 g/mol. The number of rotatable bonds is 8. The number of carbonyl (C=O) groups excluding carboxylic acids is 1. The first-order valence-electron chi connectivity index (χ1n) is 8.09. The monoisotopic (exact) mass is 436 g/mol. The fourth-order valence-electron chi connectivity index (χ4n) is 2.27. The van der Waals surface area contributed by atoms with Gasteiger partial charge in [0.05, 0.1) is 38.6 Å². The summed E-state index contributed by atoms with van der Waals surface area (Å²) in [6, 6.07) is 8.47. The van der Waals surface area contributed by atoms with Crippen molar-refractivity contribution < 1.29 is 23.7 Å². The Bertz CT molecular complexity index is 817. The maximum absolute atomic E-state index is 12.3. The van der Waals surface area contributed by atoms with Crippen LogP contribution in [-0.4, -0.2) is 40.1 Å². The van der Waals surface area contributed by atoms with Gasteiger partial charge in [0.2, 0.25) is 0 Å². The van der Waals surface area contributed by atoms with E-state index in [2.05, 4.69) is 26.5 Å². The number of amides is 1. The predicted octanol–water partition coefficient (Wildman–Crippen LogP) is 3.64. The summed E-state index contributed by atoms with van der Waals surface area (Å²) in [6.07, 6.45) is 1.51. The number of carbonyl (C=O) groups is 1. The van der Waals surface area contributed by atoms with Crippen molar-refractivity contribution in [3.63, 3.8) is 0 Å². The first kappa shape index (κ1) is 20.6. The maximum Gasteiger partial charge on any atom is 0.271 e. The molecule has 0 aliphatic rings. The van der Waals surface area contributed by atoms with Gasteiger partial charge in [0.25, 0.3) is 5.91 Å². The summed E-state index contributed by atoms with van der Waals surface area (Å²) in [5.74, 6) is 1.83. The van der Waals surface area contributed by atoms with E-state index in [4.69, 9.17) is 18.9 Å². The van der Waals surface area contributed by atoms with Crippen LogP contribution in [0.1, 0.15) is 22.8 Å². The number of nitrogens with zero attached hydrogens (tertiary/aromatic N) is 1. The number of ether oxygens (including phenoxy) is 4. The predicted molar refractivity (Wildman–Crippen MR) is 106 cm³/mol. The lowest BCUT2D eigenvalue weighted by atomic mass is 10.2. The molecular weight excluding hydrogens is 416 g/mol. The molecule has 0 spiro atoms. The Morgan fingerprint density at radius 2 is 1.74 bits per heavy atom. The molecule has 144 valence electrons. The van der Waals surface area contributed by atoms with Crippen LogP contribution < -0.4 is 24.4 Å². The third-order valence-electron chi connectivity index (χ3n) is 3.53. The second-order valence-corrected chi connectivity index (χ2v) is 6.12. The molecule has 2 rings (SSSR count). The quantitative estimate of drug-likeness (QED) is 0.504. The van der Waals surface area contributed by atoms with Crippen LogP contribution >= 0.6 is 15.9 Å². The van der Waals surface area contributed by atoms with Crippen LogP contribution in [0.5, 0.6) is 23.0 Å². The van der Waals surface area contributed by atoms with Gasteiger partial charge in [0.15, 0.2) is 11.5 Å². The molecule has 1 amide bonds. The third-order valence-corrected chi connectivity index (χ3v) is 4.12. The molecule has 8 heteroatoms. The number of halogens is 1. The van der Waals surface area contributed by atoms with Gasteiger partial charge < -0.3 is 18.9 Å². The molecular formula is C19H21BrN2O5. The zero-order chi connectivity index (χ0) is 19.8. The SMILES string of the molecule is CCOc1c(Br)cc(C=NNC(=O)c2cc(OC)cc(OC)c2)cc1OC. The third kappa shape index (κ3) is 5.37.